The highest BCUT2D eigenvalue weighted by molar-refractivity contribution is 5.48. The molecule has 1 fully saturated rings. The first-order chi connectivity index (χ1) is 8.97. The van der Waals surface area contributed by atoms with E-state index in [1.54, 1.807) is 0 Å². The van der Waals surface area contributed by atoms with Gasteiger partial charge in [0.15, 0.2) is 0 Å². The zero-order chi connectivity index (χ0) is 13.9. The van der Waals surface area contributed by atoms with Crippen molar-refractivity contribution in [2.24, 2.45) is 5.41 Å². The summed E-state index contributed by atoms with van der Waals surface area (Å²) in [6, 6.07) is 9.58. The van der Waals surface area contributed by atoms with Crippen molar-refractivity contribution in [1.29, 1.82) is 0 Å². The minimum atomic E-state index is 0.315. The Morgan fingerprint density at radius 2 is 1.68 bits per heavy atom. The second-order valence-corrected chi connectivity index (χ2v) is 6.83. The van der Waals surface area contributed by atoms with E-state index in [4.69, 9.17) is 0 Å². The van der Waals surface area contributed by atoms with Crippen LogP contribution in [0.4, 0.5) is 5.69 Å². The number of hydrogen-bond donors (Lipinski definition) is 1. The standard InChI is InChI=1S/C17H28N2/c1-14(17(2,3)4)18-13-15-7-9-16(10-8-15)19-11-5-6-12-19/h7-10,14,18H,5-6,11-13H2,1-4H3. The second-order valence-electron chi connectivity index (χ2n) is 6.83. The molecule has 0 amide bonds. The molecular weight excluding hydrogens is 232 g/mol. The van der Waals surface area contributed by atoms with Crippen LogP contribution in [0.3, 0.4) is 0 Å². The van der Waals surface area contributed by atoms with Crippen molar-refractivity contribution in [2.45, 2.75) is 53.1 Å². The Hall–Kier alpha value is -1.02. The summed E-state index contributed by atoms with van der Waals surface area (Å²) in [7, 11) is 0. The molecule has 1 aromatic carbocycles. The molecule has 0 saturated carbocycles. The van der Waals surface area contributed by atoms with Crippen LogP contribution in [0.2, 0.25) is 0 Å². The van der Waals surface area contributed by atoms with Gasteiger partial charge in [-0.25, -0.2) is 0 Å². The topological polar surface area (TPSA) is 15.3 Å². The Labute approximate surface area is 118 Å². The number of hydrogen-bond acceptors (Lipinski definition) is 2. The monoisotopic (exact) mass is 260 g/mol. The van der Waals surface area contributed by atoms with Crippen LogP contribution < -0.4 is 10.2 Å². The van der Waals surface area contributed by atoms with E-state index >= 15 is 0 Å². The van der Waals surface area contributed by atoms with E-state index in [-0.39, 0.29) is 0 Å². The number of nitrogens with zero attached hydrogens (tertiary/aromatic N) is 1. The largest absolute Gasteiger partial charge is 0.372 e. The van der Waals surface area contributed by atoms with Gasteiger partial charge in [-0.1, -0.05) is 32.9 Å². The molecule has 2 heteroatoms. The van der Waals surface area contributed by atoms with E-state index in [1.165, 1.54) is 37.2 Å². The van der Waals surface area contributed by atoms with Gasteiger partial charge in [0.25, 0.3) is 0 Å². The van der Waals surface area contributed by atoms with Crippen LogP contribution in [0.25, 0.3) is 0 Å². The highest BCUT2D eigenvalue weighted by Crippen LogP contribution is 2.21. The second kappa shape index (κ2) is 5.96. The first-order valence-electron chi connectivity index (χ1n) is 7.54. The zero-order valence-corrected chi connectivity index (χ0v) is 12.9. The molecular formula is C17H28N2. The number of rotatable bonds is 4. The smallest absolute Gasteiger partial charge is 0.0366 e. The van der Waals surface area contributed by atoms with Crippen molar-refractivity contribution >= 4 is 5.69 Å². The summed E-state index contributed by atoms with van der Waals surface area (Å²) in [5.74, 6) is 0. The number of nitrogens with one attached hydrogen (secondary N) is 1. The highest BCUT2D eigenvalue weighted by Gasteiger charge is 2.19. The first-order valence-corrected chi connectivity index (χ1v) is 7.54. The molecule has 1 unspecified atom stereocenters. The molecule has 1 heterocycles. The fourth-order valence-electron chi connectivity index (χ4n) is 2.38. The lowest BCUT2D eigenvalue weighted by Gasteiger charge is -2.28. The maximum Gasteiger partial charge on any atom is 0.0366 e. The Morgan fingerprint density at radius 3 is 2.21 bits per heavy atom. The molecule has 1 aliphatic heterocycles. The molecule has 106 valence electrons. The van der Waals surface area contributed by atoms with Crippen LogP contribution in [0.15, 0.2) is 24.3 Å². The fourth-order valence-corrected chi connectivity index (χ4v) is 2.38. The third-order valence-corrected chi connectivity index (χ3v) is 4.32. The van der Waals surface area contributed by atoms with E-state index < -0.39 is 0 Å². The van der Waals surface area contributed by atoms with Crippen LogP contribution >= 0.6 is 0 Å². The minimum absolute atomic E-state index is 0.315. The lowest BCUT2D eigenvalue weighted by Crippen LogP contribution is -2.37. The predicted molar refractivity (Wildman–Crippen MR) is 83.6 cm³/mol. The predicted octanol–water partition coefficient (Wildman–Crippen LogP) is 3.81. The molecule has 19 heavy (non-hydrogen) atoms. The number of benzene rings is 1. The van der Waals surface area contributed by atoms with Crippen LogP contribution in [0.1, 0.15) is 46.1 Å². The summed E-state index contributed by atoms with van der Waals surface area (Å²) < 4.78 is 0. The van der Waals surface area contributed by atoms with E-state index in [9.17, 15) is 0 Å². The fraction of sp³-hybridized carbons (Fsp3) is 0.647. The molecule has 1 atom stereocenters. The molecule has 2 rings (SSSR count). The Balaban J connectivity index is 1.88. The maximum absolute atomic E-state index is 3.61. The summed E-state index contributed by atoms with van der Waals surface area (Å²) in [6.45, 7) is 12.5. The van der Waals surface area contributed by atoms with Gasteiger partial charge in [0.1, 0.15) is 0 Å². The zero-order valence-electron chi connectivity index (χ0n) is 12.9. The van der Waals surface area contributed by atoms with E-state index in [2.05, 4.69) is 62.2 Å². The molecule has 2 nitrogen and oxygen atoms in total. The lowest BCUT2D eigenvalue weighted by molar-refractivity contribution is 0.285. The molecule has 0 radical (unpaired) electrons. The van der Waals surface area contributed by atoms with Crippen LogP contribution in [0, 0.1) is 5.41 Å². The average Bonchev–Trinajstić information content (AvgIpc) is 2.89. The summed E-state index contributed by atoms with van der Waals surface area (Å²) in [5, 5.41) is 3.61. The Morgan fingerprint density at radius 1 is 1.11 bits per heavy atom. The third kappa shape index (κ3) is 3.97. The van der Waals surface area contributed by atoms with Crippen molar-refractivity contribution in [3.05, 3.63) is 29.8 Å². The first kappa shape index (κ1) is 14.4. The maximum atomic E-state index is 3.61. The van der Waals surface area contributed by atoms with Gasteiger partial charge in [0, 0.05) is 31.4 Å². The van der Waals surface area contributed by atoms with Gasteiger partial charge in [-0.2, -0.15) is 0 Å². The Bertz CT molecular complexity index is 383. The number of anilines is 1. The summed E-state index contributed by atoms with van der Waals surface area (Å²) in [4.78, 5) is 2.48. The van der Waals surface area contributed by atoms with Gasteiger partial charge in [-0.15, -0.1) is 0 Å². The molecule has 1 saturated heterocycles. The molecule has 1 aromatic rings. The summed E-state index contributed by atoms with van der Waals surface area (Å²) in [6.07, 6.45) is 2.68. The van der Waals surface area contributed by atoms with Crippen molar-refractivity contribution in [1.82, 2.24) is 5.32 Å². The van der Waals surface area contributed by atoms with Gasteiger partial charge < -0.3 is 10.2 Å². The van der Waals surface area contributed by atoms with Crippen molar-refractivity contribution in [3.8, 4) is 0 Å². The quantitative estimate of drug-likeness (QED) is 0.885. The summed E-state index contributed by atoms with van der Waals surface area (Å²) >= 11 is 0. The SMILES string of the molecule is CC(NCc1ccc(N2CCCC2)cc1)C(C)(C)C. The van der Waals surface area contributed by atoms with E-state index in [0.717, 1.165) is 6.54 Å². The minimum Gasteiger partial charge on any atom is -0.372 e. The third-order valence-electron chi connectivity index (χ3n) is 4.32. The van der Waals surface area contributed by atoms with Crippen LogP contribution in [-0.2, 0) is 6.54 Å². The van der Waals surface area contributed by atoms with Gasteiger partial charge in [0.05, 0.1) is 0 Å². The summed E-state index contributed by atoms with van der Waals surface area (Å²) in [5.41, 5.74) is 3.07. The molecule has 0 aromatic heterocycles. The molecule has 1 N–H and O–H groups in total. The van der Waals surface area contributed by atoms with Gasteiger partial charge in [0.2, 0.25) is 0 Å². The van der Waals surface area contributed by atoms with Gasteiger partial charge in [-0.05, 0) is 42.9 Å². The van der Waals surface area contributed by atoms with E-state index in [0.29, 0.717) is 11.5 Å². The average molecular weight is 260 g/mol. The normalized spacial score (nSPS) is 17.8. The molecule has 0 bridgehead atoms. The molecule has 1 aliphatic rings. The Kier molecular flexibility index (Phi) is 4.51. The van der Waals surface area contributed by atoms with Crippen molar-refractivity contribution in [2.75, 3.05) is 18.0 Å². The van der Waals surface area contributed by atoms with Gasteiger partial charge in [-0.3, -0.25) is 0 Å². The van der Waals surface area contributed by atoms with Crippen LogP contribution in [0.5, 0.6) is 0 Å². The van der Waals surface area contributed by atoms with Crippen molar-refractivity contribution in [3.63, 3.8) is 0 Å². The molecule has 0 aliphatic carbocycles. The highest BCUT2D eigenvalue weighted by atomic mass is 15.1. The van der Waals surface area contributed by atoms with Crippen LogP contribution in [-0.4, -0.2) is 19.1 Å². The molecule has 0 spiro atoms. The van der Waals surface area contributed by atoms with Gasteiger partial charge >= 0.3 is 0 Å². The van der Waals surface area contributed by atoms with Crippen molar-refractivity contribution < 1.29 is 0 Å². The van der Waals surface area contributed by atoms with E-state index in [1.807, 2.05) is 0 Å². The lowest BCUT2D eigenvalue weighted by atomic mass is 9.88.